The minimum absolute atomic E-state index is 0.405. The van der Waals surface area contributed by atoms with E-state index < -0.39 is 0 Å². The first-order chi connectivity index (χ1) is 5.34. The summed E-state index contributed by atoms with van der Waals surface area (Å²) < 4.78 is 10.6. The Kier molecular flexibility index (Phi) is 2.11. The minimum Gasteiger partial charge on any atom is -0.376 e. The number of morpholine rings is 1. The third-order valence-corrected chi connectivity index (χ3v) is 2.19. The van der Waals surface area contributed by atoms with E-state index in [0.29, 0.717) is 12.2 Å². The average molecular weight is 157 g/mol. The van der Waals surface area contributed by atoms with Crippen LogP contribution in [0.2, 0.25) is 0 Å². The number of ether oxygens (including phenoxy) is 2. The van der Waals surface area contributed by atoms with E-state index in [1.807, 2.05) is 0 Å². The molecule has 2 fully saturated rings. The Morgan fingerprint density at radius 1 is 1.45 bits per heavy atom. The van der Waals surface area contributed by atoms with Gasteiger partial charge in [0, 0.05) is 19.6 Å². The molecular weight excluding hydrogens is 142 g/mol. The Morgan fingerprint density at radius 3 is 2.91 bits per heavy atom. The molecule has 0 saturated carbocycles. The number of hydrogen-bond acceptors (Lipinski definition) is 3. The van der Waals surface area contributed by atoms with Gasteiger partial charge in [-0.25, -0.2) is 0 Å². The second kappa shape index (κ2) is 3.09. The van der Waals surface area contributed by atoms with Gasteiger partial charge in [0.15, 0.2) is 0 Å². The molecule has 0 radical (unpaired) electrons. The molecule has 2 aliphatic heterocycles. The van der Waals surface area contributed by atoms with Gasteiger partial charge in [0.1, 0.15) is 0 Å². The molecule has 0 spiro atoms. The summed E-state index contributed by atoms with van der Waals surface area (Å²) in [6.45, 7) is 7.22. The van der Waals surface area contributed by atoms with Gasteiger partial charge in [-0.1, -0.05) is 0 Å². The summed E-state index contributed by atoms with van der Waals surface area (Å²) in [5.74, 6) is 0. The van der Waals surface area contributed by atoms with Crippen LogP contribution >= 0.6 is 0 Å². The first-order valence-electron chi connectivity index (χ1n) is 4.30. The summed E-state index contributed by atoms with van der Waals surface area (Å²) in [5.41, 5.74) is 0. The molecule has 2 atom stereocenters. The number of hydrogen-bond donors (Lipinski definition) is 0. The maximum absolute atomic E-state index is 5.43. The molecule has 0 N–H and O–H groups in total. The summed E-state index contributed by atoms with van der Waals surface area (Å²) in [6, 6.07) is 0. The van der Waals surface area contributed by atoms with Gasteiger partial charge in [-0.15, -0.1) is 0 Å². The fourth-order valence-corrected chi connectivity index (χ4v) is 1.52. The summed E-state index contributed by atoms with van der Waals surface area (Å²) in [4.78, 5) is 2.42. The van der Waals surface area contributed by atoms with Crippen molar-refractivity contribution in [3.05, 3.63) is 0 Å². The van der Waals surface area contributed by atoms with Crippen molar-refractivity contribution < 1.29 is 9.47 Å². The van der Waals surface area contributed by atoms with E-state index in [1.54, 1.807) is 0 Å². The molecule has 11 heavy (non-hydrogen) atoms. The maximum atomic E-state index is 5.43. The molecule has 3 heteroatoms. The fraction of sp³-hybridized carbons (Fsp3) is 1.00. The highest BCUT2D eigenvalue weighted by Crippen LogP contribution is 2.13. The Morgan fingerprint density at radius 2 is 2.27 bits per heavy atom. The van der Waals surface area contributed by atoms with Gasteiger partial charge in [-0.3, -0.25) is 4.90 Å². The average Bonchev–Trinajstić information content (AvgIpc) is 2.71. The van der Waals surface area contributed by atoms with E-state index in [4.69, 9.17) is 9.47 Å². The monoisotopic (exact) mass is 157 g/mol. The zero-order valence-electron chi connectivity index (χ0n) is 6.95. The van der Waals surface area contributed by atoms with Crippen LogP contribution in [0.15, 0.2) is 0 Å². The molecule has 0 bridgehead atoms. The van der Waals surface area contributed by atoms with Crippen molar-refractivity contribution in [1.82, 2.24) is 4.90 Å². The van der Waals surface area contributed by atoms with Crippen molar-refractivity contribution in [1.29, 1.82) is 0 Å². The molecule has 0 amide bonds. The molecule has 2 rings (SSSR count). The molecule has 0 aliphatic carbocycles. The molecule has 64 valence electrons. The molecule has 2 aliphatic rings. The minimum atomic E-state index is 0.405. The highest BCUT2D eigenvalue weighted by molar-refractivity contribution is 4.77. The zero-order chi connectivity index (χ0) is 7.68. The summed E-state index contributed by atoms with van der Waals surface area (Å²) in [5, 5.41) is 0. The van der Waals surface area contributed by atoms with Crippen LogP contribution < -0.4 is 0 Å². The molecule has 0 aromatic heterocycles. The van der Waals surface area contributed by atoms with Crippen LogP contribution in [-0.2, 0) is 9.47 Å². The van der Waals surface area contributed by atoms with E-state index in [2.05, 4.69) is 11.8 Å². The van der Waals surface area contributed by atoms with Gasteiger partial charge < -0.3 is 9.47 Å². The van der Waals surface area contributed by atoms with Crippen molar-refractivity contribution in [3.63, 3.8) is 0 Å². The number of nitrogens with zero attached hydrogens (tertiary/aromatic N) is 1. The molecule has 1 unspecified atom stereocenters. The van der Waals surface area contributed by atoms with Crippen LogP contribution in [0, 0.1) is 0 Å². The molecule has 0 aromatic rings. The van der Waals surface area contributed by atoms with Crippen molar-refractivity contribution >= 4 is 0 Å². The lowest BCUT2D eigenvalue weighted by molar-refractivity contribution is -0.0199. The zero-order valence-corrected chi connectivity index (χ0v) is 6.95. The summed E-state index contributed by atoms with van der Waals surface area (Å²) in [7, 11) is 0. The van der Waals surface area contributed by atoms with E-state index in [0.717, 1.165) is 32.8 Å². The van der Waals surface area contributed by atoms with Crippen molar-refractivity contribution in [2.24, 2.45) is 0 Å². The first kappa shape index (κ1) is 7.53. The van der Waals surface area contributed by atoms with Crippen molar-refractivity contribution in [2.75, 3.05) is 32.8 Å². The van der Waals surface area contributed by atoms with Crippen molar-refractivity contribution in [3.8, 4) is 0 Å². The Balaban J connectivity index is 1.73. The quantitative estimate of drug-likeness (QED) is 0.532. The summed E-state index contributed by atoms with van der Waals surface area (Å²) in [6.07, 6.45) is 0.933. The lowest BCUT2D eigenvalue weighted by atomic mass is 10.3. The molecule has 3 nitrogen and oxygen atoms in total. The van der Waals surface area contributed by atoms with Gasteiger partial charge in [0.2, 0.25) is 0 Å². The van der Waals surface area contributed by atoms with Crippen LogP contribution in [0.4, 0.5) is 0 Å². The predicted octanol–water partition coefficient (Wildman–Crippen LogP) is 0.106. The van der Waals surface area contributed by atoms with Crippen LogP contribution in [0.5, 0.6) is 0 Å². The van der Waals surface area contributed by atoms with Gasteiger partial charge in [-0.05, 0) is 6.92 Å². The topological polar surface area (TPSA) is 25.0 Å². The lowest BCUT2D eigenvalue weighted by Crippen LogP contribution is -2.42. The van der Waals surface area contributed by atoms with Gasteiger partial charge in [0.25, 0.3) is 0 Å². The van der Waals surface area contributed by atoms with Crippen LogP contribution in [-0.4, -0.2) is 50.0 Å². The van der Waals surface area contributed by atoms with Gasteiger partial charge in [0.05, 0.1) is 25.4 Å². The van der Waals surface area contributed by atoms with E-state index in [1.165, 1.54) is 0 Å². The van der Waals surface area contributed by atoms with Gasteiger partial charge in [-0.2, -0.15) is 0 Å². The van der Waals surface area contributed by atoms with Gasteiger partial charge >= 0.3 is 0 Å². The van der Waals surface area contributed by atoms with Crippen LogP contribution in [0.1, 0.15) is 6.92 Å². The first-order valence-corrected chi connectivity index (χ1v) is 4.30. The second-order valence-electron chi connectivity index (χ2n) is 3.40. The van der Waals surface area contributed by atoms with Crippen LogP contribution in [0.3, 0.4) is 0 Å². The highest BCUT2D eigenvalue weighted by Gasteiger charge is 2.27. The predicted molar refractivity (Wildman–Crippen MR) is 41.6 cm³/mol. The lowest BCUT2D eigenvalue weighted by Gasteiger charge is -2.30. The van der Waals surface area contributed by atoms with Crippen molar-refractivity contribution in [2.45, 2.75) is 19.1 Å². The number of epoxide rings is 1. The second-order valence-corrected chi connectivity index (χ2v) is 3.40. The third-order valence-electron chi connectivity index (χ3n) is 2.19. The SMILES string of the molecule is CC1CN(C[C@@H]2CO2)CCO1. The molecule has 2 saturated heterocycles. The standard InChI is InChI=1S/C8H15NO2/c1-7-4-9(2-3-10-7)5-8-6-11-8/h7-8H,2-6H2,1H3/t7?,8-/m1/s1. The maximum Gasteiger partial charge on any atom is 0.0936 e. The highest BCUT2D eigenvalue weighted by atomic mass is 16.6. The number of rotatable bonds is 2. The summed E-state index contributed by atoms with van der Waals surface area (Å²) >= 11 is 0. The van der Waals surface area contributed by atoms with E-state index >= 15 is 0 Å². The molecular formula is C8H15NO2. The largest absolute Gasteiger partial charge is 0.376 e. The van der Waals surface area contributed by atoms with E-state index in [-0.39, 0.29) is 0 Å². The Bertz CT molecular complexity index is 134. The normalized spacial score (nSPS) is 39.0. The fourth-order valence-electron chi connectivity index (χ4n) is 1.52. The molecule has 0 aromatic carbocycles. The third kappa shape index (κ3) is 2.15. The Hall–Kier alpha value is -0.120. The molecule has 2 heterocycles. The smallest absolute Gasteiger partial charge is 0.0936 e. The van der Waals surface area contributed by atoms with Crippen LogP contribution in [0.25, 0.3) is 0 Å². The Labute approximate surface area is 67.3 Å². The van der Waals surface area contributed by atoms with E-state index in [9.17, 15) is 0 Å².